The highest BCUT2D eigenvalue weighted by atomic mass is 16.5. The second kappa shape index (κ2) is 6.75. The number of aromatic nitrogens is 2. The zero-order valence-corrected chi connectivity index (χ0v) is 10.8. The fourth-order valence-corrected chi connectivity index (χ4v) is 1.68. The lowest BCUT2D eigenvalue weighted by atomic mass is 10.2. The van der Waals surface area contributed by atoms with E-state index in [1.54, 1.807) is 6.07 Å². The van der Waals surface area contributed by atoms with Crippen molar-refractivity contribution in [3.8, 4) is 11.5 Å². The number of aromatic hydroxyl groups is 1. The lowest BCUT2D eigenvalue weighted by molar-refractivity contribution is 0.317. The molecule has 6 nitrogen and oxygen atoms in total. The van der Waals surface area contributed by atoms with Crippen molar-refractivity contribution in [2.75, 3.05) is 13.2 Å². The summed E-state index contributed by atoms with van der Waals surface area (Å²) < 4.78 is 9.98. The highest BCUT2D eigenvalue weighted by molar-refractivity contribution is 5.41. The van der Waals surface area contributed by atoms with Crippen LogP contribution in [0.15, 0.2) is 29.1 Å². The molecule has 0 atom stereocenters. The molecule has 0 radical (unpaired) electrons. The van der Waals surface area contributed by atoms with E-state index < -0.39 is 0 Å². The minimum Gasteiger partial charge on any atom is -0.504 e. The lowest BCUT2D eigenvalue weighted by Crippen LogP contribution is -2.17. The van der Waals surface area contributed by atoms with E-state index in [-0.39, 0.29) is 5.75 Å². The molecule has 19 heavy (non-hydrogen) atoms. The summed E-state index contributed by atoms with van der Waals surface area (Å²) >= 11 is 0. The van der Waals surface area contributed by atoms with Crippen molar-refractivity contribution in [2.24, 2.45) is 0 Å². The lowest BCUT2D eigenvalue weighted by Gasteiger charge is -2.09. The maximum absolute atomic E-state index is 9.59. The van der Waals surface area contributed by atoms with Gasteiger partial charge in [0, 0.05) is 19.5 Å². The Kier molecular flexibility index (Phi) is 4.74. The Morgan fingerprint density at radius 2 is 2.32 bits per heavy atom. The van der Waals surface area contributed by atoms with Crippen LogP contribution in [0, 0.1) is 0 Å². The van der Waals surface area contributed by atoms with E-state index in [4.69, 9.17) is 4.74 Å². The maximum Gasteiger partial charge on any atom is 0.213 e. The molecule has 0 saturated heterocycles. The number of hydrogen-bond acceptors (Lipinski definition) is 6. The van der Waals surface area contributed by atoms with E-state index in [1.807, 2.05) is 19.1 Å². The molecule has 1 aromatic carbocycles. The predicted molar refractivity (Wildman–Crippen MR) is 69.0 cm³/mol. The minimum absolute atomic E-state index is 0.164. The summed E-state index contributed by atoms with van der Waals surface area (Å²) in [4.78, 5) is 3.94. The van der Waals surface area contributed by atoms with Crippen molar-refractivity contribution in [2.45, 2.75) is 19.9 Å². The monoisotopic (exact) mass is 263 g/mol. The number of ether oxygens (including phenoxy) is 1. The first-order valence-electron chi connectivity index (χ1n) is 6.20. The van der Waals surface area contributed by atoms with E-state index in [0.717, 1.165) is 12.1 Å². The Hall–Kier alpha value is -2.08. The molecule has 0 bridgehead atoms. The third kappa shape index (κ3) is 3.96. The van der Waals surface area contributed by atoms with Crippen LogP contribution in [0.5, 0.6) is 11.5 Å². The Balaban J connectivity index is 1.80. The number of nitrogens with zero attached hydrogens (tertiary/aromatic N) is 2. The summed E-state index contributed by atoms with van der Waals surface area (Å²) in [6, 6.07) is 5.33. The average Bonchev–Trinajstić information content (AvgIpc) is 2.92. The van der Waals surface area contributed by atoms with Gasteiger partial charge in [-0.15, -0.1) is 0 Å². The Labute approximate surface area is 111 Å². The molecule has 0 amide bonds. The van der Waals surface area contributed by atoms with Crippen LogP contribution in [0.2, 0.25) is 0 Å². The average molecular weight is 263 g/mol. The zero-order chi connectivity index (χ0) is 13.5. The maximum atomic E-state index is 9.59. The molecule has 1 heterocycles. The van der Waals surface area contributed by atoms with Gasteiger partial charge in [-0.05, 0) is 24.6 Å². The van der Waals surface area contributed by atoms with Gasteiger partial charge >= 0.3 is 0 Å². The number of phenolic OH excluding ortho intramolecular Hbond substituents is 1. The van der Waals surface area contributed by atoms with Gasteiger partial charge in [0.1, 0.15) is 0 Å². The van der Waals surface area contributed by atoms with Crippen molar-refractivity contribution in [1.82, 2.24) is 15.5 Å². The first kappa shape index (κ1) is 13.4. The normalized spacial score (nSPS) is 10.6. The van der Waals surface area contributed by atoms with E-state index >= 15 is 0 Å². The summed E-state index contributed by atoms with van der Waals surface area (Å²) in [6.07, 6.45) is 2.04. The van der Waals surface area contributed by atoms with Gasteiger partial charge in [0.15, 0.2) is 17.3 Å². The molecular formula is C13H17N3O3. The molecule has 6 heteroatoms. The Morgan fingerprint density at radius 3 is 3.05 bits per heavy atom. The standard InChI is InChI=1S/C13H17N3O3/c1-2-18-12-7-10(3-4-11(12)17)8-14-6-5-13-15-9-19-16-13/h3-4,7,9,14,17H,2,5-6,8H2,1H3. The summed E-state index contributed by atoms with van der Waals surface area (Å²) in [5.74, 6) is 1.37. The zero-order valence-electron chi connectivity index (χ0n) is 10.8. The molecule has 0 aliphatic rings. The Bertz CT molecular complexity index is 500. The molecule has 2 rings (SSSR count). The first-order valence-corrected chi connectivity index (χ1v) is 6.20. The number of nitrogens with one attached hydrogen (secondary N) is 1. The van der Waals surface area contributed by atoms with Crippen molar-refractivity contribution in [3.63, 3.8) is 0 Å². The van der Waals surface area contributed by atoms with Gasteiger partial charge in [0.2, 0.25) is 6.39 Å². The summed E-state index contributed by atoms with van der Waals surface area (Å²) in [5.41, 5.74) is 1.05. The van der Waals surface area contributed by atoms with Gasteiger partial charge in [0.05, 0.1) is 6.61 Å². The third-order valence-electron chi connectivity index (χ3n) is 2.59. The van der Waals surface area contributed by atoms with Gasteiger partial charge < -0.3 is 19.7 Å². The smallest absolute Gasteiger partial charge is 0.213 e. The highest BCUT2D eigenvalue weighted by Gasteiger charge is 2.03. The second-order valence-corrected chi connectivity index (χ2v) is 4.01. The van der Waals surface area contributed by atoms with Crippen LogP contribution < -0.4 is 10.1 Å². The topological polar surface area (TPSA) is 80.4 Å². The quantitative estimate of drug-likeness (QED) is 0.737. The molecule has 0 saturated carbocycles. The van der Waals surface area contributed by atoms with Crippen molar-refractivity contribution in [3.05, 3.63) is 36.0 Å². The van der Waals surface area contributed by atoms with E-state index in [9.17, 15) is 5.11 Å². The van der Waals surface area contributed by atoms with Crippen LogP contribution in [0.1, 0.15) is 18.3 Å². The van der Waals surface area contributed by atoms with E-state index in [1.165, 1.54) is 6.39 Å². The Morgan fingerprint density at radius 1 is 1.42 bits per heavy atom. The molecule has 2 aromatic rings. The molecule has 1 aromatic heterocycles. The van der Waals surface area contributed by atoms with Gasteiger partial charge in [-0.25, -0.2) is 0 Å². The van der Waals surface area contributed by atoms with Crippen LogP contribution in [-0.4, -0.2) is 28.4 Å². The van der Waals surface area contributed by atoms with Gasteiger partial charge in [-0.3, -0.25) is 0 Å². The third-order valence-corrected chi connectivity index (χ3v) is 2.59. The molecular weight excluding hydrogens is 246 g/mol. The number of benzene rings is 1. The fraction of sp³-hybridized carbons (Fsp3) is 0.385. The highest BCUT2D eigenvalue weighted by Crippen LogP contribution is 2.26. The van der Waals surface area contributed by atoms with E-state index in [2.05, 4.69) is 20.0 Å². The minimum atomic E-state index is 0.164. The van der Waals surface area contributed by atoms with Crippen LogP contribution in [0.4, 0.5) is 0 Å². The summed E-state index contributed by atoms with van der Waals surface area (Å²) in [6.45, 7) is 3.86. The number of hydrogen-bond donors (Lipinski definition) is 2. The largest absolute Gasteiger partial charge is 0.504 e. The number of phenols is 1. The van der Waals surface area contributed by atoms with Crippen molar-refractivity contribution in [1.29, 1.82) is 0 Å². The molecule has 0 spiro atoms. The van der Waals surface area contributed by atoms with Crippen LogP contribution in [0.3, 0.4) is 0 Å². The molecule has 0 unspecified atom stereocenters. The summed E-state index contributed by atoms with van der Waals surface area (Å²) in [5, 5.41) is 16.6. The van der Waals surface area contributed by atoms with Crippen LogP contribution in [0.25, 0.3) is 0 Å². The van der Waals surface area contributed by atoms with Gasteiger partial charge in [-0.2, -0.15) is 4.98 Å². The summed E-state index contributed by atoms with van der Waals surface area (Å²) in [7, 11) is 0. The van der Waals surface area contributed by atoms with E-state index in [0.29, 0.717) is 31.1 Å². The molecule has 0 fully saturated rings. The second-order valence-electron chi connectivity index (χ2n) is 4.01. The van der Waals surface area contributed by atoms with Crippen molar-refractivity contribution >= 4 is 0 Å². The van der Waals surface area contributed by atoms with Gasteiger partial charge in [0.25, 0.3) is 0 Å². The molecule has 2 N–H and O–H groups in total. The molecule has 0 aliphatic carbocycles. The molecule has 0 aliphatic heterocycles. The molecule has 102 valence electrons. The number of rotatable bonds is 7. The van der Waals surface area contributed by atoms with Crippen LogP contribution in [-0.2, 0) is 13.0 Å². The van der Waals surface area contributed by atoms with Crippen molar-refractivity contribution < 1.29 is 14.4 Å². The van der Waals surface area contributed by atoms with Gasteiger partial charge in [-0.1, -0.05) is 11.2 Å². The fourth-order valence-electron chi connectivity index (χ4n) is 1.68. The van der Waals surface area contributed by atoms with Crippen LogP contribution >= 0.6 is 0 Å². The predicted octanol–water partition coefficient (Wildman–Crippen LogP) is 1.51. The first-order chi connectivity index (χ1) is 9.29. The SMILES string of the molecule is CCOc1cc(CNCCc2ncon2)ccc1O.